The standard InChI is InChI=1S/C13H27NO2/c1-3-12(14-4-2)6-5-9-16-13-7-10-15-11-8-13/h12-14H,3-11H2,1-2H3. The molecule has 16 heavy (non-hydrogen) atoms. The number of rotatable bonds is 8. The molecular formula is C13H27NO2. The molecule has 96 valence electrons. The monoisotopic (exact) mass is 229 g/mol. The Balaban J connectivity index is 1.97. The summed E-state index contributed by atoms with van der Waals surface area (Å²) in [5, 5.41) is 3.50. The van der Waals surface area contributed by atoms with Gasteiger partial charge in [0.25, 0.3) is 0 Å². The van der Waals surface area contributed by atoms with E-state index < -0.39 is 0 Å². The van der Waals surface area contributed by atoms with Crippen LogP contribution >= 0.6 is 0 Å². The van der Waals surface area contributed by atoms with Crippen molar-refractivity contribution in [3.63, 3.8) is 0 Å². The van der Waals surface area contributed by atoms with Crippen molar-refractivity contribution >= 4 is 0 Å². The molecule has 1 heterocycles. The molecule has 1 unspecified atom stereocenters. The van der Waals surface area contributed by atoms with E-state index in [0.29, 0.717) is 12.1 Å². The lowest BCUT2D eigenvalue weighted by molar-refractivity contribution is -0.0330. The van der Waals surface area contributed by atoms with Crippen LogP contribution in [0.1, 0.15) is 46.0 Å². The van der Waals surface area contributed by atoms with Crippen molar-refractivity contribution in [2.75, 3.05) is 26.4 Å². The number of hydrogen-bond donors (Lipinski definition) is 1. The smallest absolute Gasteiger partial charge is 0.0619 e. The van der Waals surface area contributed by atoms with Crippen LogP contribution in [0.15, 0.2) is 0 Å². The molecule has 0 aromatic rings. The molecule has 1 aliphatic rings. The summed E-state index contributed by atoms with van der Waals surface area (Å²) in [4.78, 5) is 0. The van der Waals surface area contributed by atoms with E-state index >= 15 is 0 Å². The van der Waals surface area contributed by atoms with E-state index in [0.717, 1.165) is 39.2 Å². The number of ether oxygens (including phenoxy) is 2. The average Bonchev–Trinajstić information content (AvgIpc) is 2.34. The van der Waals surface area contributed by atoms with Gasteiger partial charge in [0.2, 0.25) is 0 Å². The summed E-state index contributed by atoms with van der Waals surface area (Å²) in [5.41, 5.74) is 0. The van der Waals surface area contributed by atoms with Crippen LogP contribution in [0.4, 0.5) is 0 Å². The molecule has 0 saturated carbocycles. The van der Waals surface area contributed by atoms with Crippen LogP contribution in [0.5, 0.6) is 0 Å². The van der Waals surface area contributed by atoms with Gasteiger partial charge < -0.3 is 14.8 Å². The first kappa shape index (κ1) is 13.9. The first-order valence-corrected chi connectivity index (χ1v) is 6.79. The van der Waals surface area contributed by atoms with Gasteiger partial charge in [-0.3, -0.25) is 0 Å². The maximum atomic E-state index is 5.85. The van der Waals surface area contributed by atoms with Crippen molar-refractivity contribution in [2.45, 2.75) is 58.1 Å². The topological polar surface area (TPSA) is 30.5 Å². The lowest BCUT2D eigenvalue weighted by atomic mass is 10.1. The molecule has 1 aliphatic heterocycles. The number of nitrogens with one attached hydrogen (secondary N) is 1. The highest BCUT2D eigenvalue weighted by atomic mass is 16.5. The van der Waals surface area contributed by atoms with Crippen molar-refractivity contribution < 1.29 is 9.47 Å². The zero-order valence-electron chi connectivity index (χ0n) is 10.8. The second kappa shape index (κ2) is 8.97. The van der Waals surface area contributed by atoms with Crippen LogP contribution in [0, 0.1) is 0 Å². The Kier molecular flexibility index (Phi) is 7.81. The molecular weight excluding hydrogens is 202 g/mol. The van der Waals surface area contributed by atoms with E-state index in [2.05, 4.69) is 19.2 Å². The molecule has 0 aromatic carbocycles. The van der Waals surface area contributed by atoms with Crippen LogP contribution in [-0.2, 0) is 9.47 Å². The Bertz CT molecular complexity index is 151. The van der Waals surface area contributed by atoms with Crippen molar-refractivity contribution in [3.05, 3.63) is 0 Å². The van der Waals surface area contributed by atoms with Gasteiger partial charge in [-0.15, -0.1) is 0 Å². The van der Waals surface area contributed by atoms with Crippen LogP contribution in [0.25, 0.3) is 0 Å². The van der Waals surface area contributed by atoms with Crippen LogP contribution in [0.3, 0.4) is 0 Å². The van der Waals surface area contributed by atoms with E-state index in [-0.39, 0.29) is 0 Å². The zero-order chi connectivity index (χ0) is 11.6. The fourth-order valence-corrected chi connectivity index (χ4v) is 2.16. The lowest BCUT2D eigenvalue weighted by Crippen LogP contribution is -2.29. The van der Waals surface area contributed by atoms with Crippen molar-refractivity contribution in [2.24, 2.45) is 0 Å². The highest BCUT2D eigenvalue weighted by Crippen LogP contribution is 2.11. The Hall–Kier alpha value is -0.120. The minimum Gasteiger partial charge on any atom is -0.381 e. The Morgan fingerprint density at radius 3 is 2.69 bits per heavy atom. The molecule has 0 amide bonds. The fraction of sp³-hybridized carbons (Fsp3) is 1.00. The van der Waals surface area contributed by atoms with Crippen molar-refractivity contribution in [1.82, 2.24) is 5.32 Å². The van der Waals surface area contributed by atoms with Crippen LogP contribution in [0.2, 0.25) is 0 Å². The SMILES string of the molecule is CCNC(CC)CCCOC1CCOCC1. The van der Waals surface area contributed by atoms with Crippen molar-refractivity contribution in [1.29, 1.82) is 0 Å². The van der Waals surface area contributed by atoms with Gasteiger partial charge in [0, 0.05) is 25.9 Å². The summed E-state index contributed by atoms with van der Waals surface area (Å²) in [5.74, 6) is 0. The summed E-state index contributed by atoms with van der Waals surface area (Å²) in [6.45, 7) is 8.14. The molecule has 0 bridgehead atoms. The summed E-state index contributed by atoms with van der Waals surface area (Å²) in [7, 11) is 0. The van der Waals surface area contributed by atoms with E-state index in [9.17, 15) is 0 Å². The molecule has 0 radical (unpaired) electrons. The average molecular weight is 229 g/mol. The second-order valence-corrected chi connectivity index (χ2v) is 4.49. The number of hydrogen-bond acceptors (Lipinski definition) is 3. The molecule has 0 aromatic heterocycles. The highest BCUT2D eigenvalue weighted by molar-refractivity contribution is 4.65. The third-order valence-electron chi connectivity index (χ3n) is 3.20. The minimum absolute atomic E-state index is 0.452. The van der Waals surface area contributed by atoms with E-state index in [1.807, 2.05) is 0 Å². The third-order valence-corrected chi connectivity index (χ3v) is 3.20. The Morgan fingerprint density at radius 1 is 1.31 bits per heavy atom. The van der Waals surface area contributed by atoms with Crippen LogP contribution in [-0.4, -0.2) is 38.5 Å². The molecule has 1 rings (SSSR count). The maximum Gasteiger partial charge on any atom is 0.0619 e. The highest BCUT2D eigenvalue weighted by Gasteiger charge is 2.13. The Morgan fingerprint density at radius 2 is 2.06 bits per heavy atom. The van der Waals surface area contributed by atoms with Gasteiger partial charge >= 0.3 is 0 Å². The van der Waals surface area contributed by atoms with E-state index in [4.69, 9.17) is 9.47 Å². The first-order chi connectivity index (χ1) is 7.86. The first-order valence-electron chi connectivity index (χ1n) is 6.79. The van der Waals surface area contributed by atoms with Gasteiger partial charge in [-0.2, -0.15) is 0 Å². The van der Waals surface area contributed by atoms with Gasteiger partial charge in [-0.25, -0.2) is 0 Å². The lowest BCUT2D eigenvalue weighted by Gasteiger charge is -2.23. The van der Waals surface area contributed by atoms with Gasteiger partial charge in [-0.05, 0) is 38.6 Å². The molecule has 1 fully saturated rings. The molecule has 3 heteroatoms. The summed E-state index contributed by atoms with van der Waals surface area (Å²) < 4.78 is 11.2. The quantitative estimate of drug-likeness (QED) is 0.648. The summed E-state index contributed by atoms with van der Waals surface area (Å²) in [6.07, 6.45) is 6.21. The zero-order valence-corrected chi connectivity index (χ0v) is 10.8. The van der Waals surface area contributed by atoms with Gasteiger partial charge in [0.15, 0.2) is 0 Å². The maximum absolute atomic E-state index is 5.85. The summed E-state index contributed by atoms with van der Waals surface area (Å²) >= 11 is 0. The fourth-order valence-electron chi connectivity index (χ4n) is 2.16. The predicted molar refractivity (Wildman–Crippen MR) is 66.8 cm³/mol. The van der Waals surface area contributed by atoms with Crippen molar-refractivity contribution in [3.8, 4) is 0 Å². The third kappa shape index (κ3) is 5.83. The molecule has 3 nitrogen and oxygen atoms in total. The second-order valence-electron chi connectivity index (χ2n) is 4.49. The van der Waals surface area contributed by atoms with Gasteiger partial charge in [0.05, 0.1) is 6.10 Å². The molecule has 1 saturated heterocycles. The van der Waals surface area contributed by atoms with Gasteiger partial charge in [0.1, 0.15) is 0 Å². The minimum atomic E-state index is 0.452. The largest absolute Gasteiger partial charge is 0.381 e. The van der Waals surface area contributed by atoms with Gasteiger partial charge in [-0.1, -0.05) is 13.8 Å². The Labute approximate surface area is 99.9 Å². The normalized spacial score (nSPS) is 19.9. The van der Waals surface area contributed by atoms with E-state index in [1.165, 1.54) is 19.3 Å². The van der Waals surface area contributed by atoms with E-state index in [1.54, 1.807) is 0 Å². The molecule has 1 atom stereocenters. The van der Waals surface area contributed by atoms with Crippen LogP contribution < -0.4 is 5.32 Å². The predicted octanol–water partition coefficient (Wildman–Crippen LogP) is 2.35. The molecule has 0 spiro atoms. The molecule has 1 N–H and O–H groups in total. The summed E-state index contributed by atoms with van der Waals surface area (Å²) in [6, 6.07) is 0.670. The molecule has 0 aliphatic carbocycles.